The molecular formula is C38H39N3O3. The summed E-state index contributed by atoms with van der Waals surface area (Å²) < 4.78 is 1.71. The van der Waals surface area contributed by atoms with Crippen LogP contribution in [0.2, 0.25) is 0 Å². The fourth-order valence-corrected chi connectivity index (χ4v) is 6.48. The van der Waals surface area contributed by atoms with Crippen LogP contribution in [-0.4, -0.2) is 39.2 Å². The number of aromatic nitrogens is 1. The number of benzene rings is 4. The first-order valence-corrected chi connectivity index (χ1v) is 15.5. The number of amides is 1. The maximum absolute atomic E-state index is 14.4. The number of carbonyl (C=O) groups excluding carboxylic acids is 1. The number of likely N-dealkylation sites (tertiary alicyclic amines) is 1. The molecule has 0 radical (unpaired) electrons. The first-order valence-electron chi connectivity index (χ1n) is 15.5. The smallest absolute Gasteiger partial charge is 0.263 e. The van der Waals surface area contributed by atoms with Crippen LogP contribution >= 0.6 is 0 Å². The molecule has 224 valence electrons. The molecule has 1 atom stereocenters. The Bertz CT molecular complexity index is 1780. The highest BCUT2D eigenvalue weighted by Crippen LogP contribution is 2.30. The van der Waals surface area contributed by atoms with Crippen LogP contribution in [0, 0.1) is 0 Å². The van der Waals surface area contributed by atoms with Gasteiger partial charge in [-0.15, -0.1) is 0 Å². The molecule has 1 aromatic heterocycles. The van der Waals surface area contributed by atoms with E-state index >= 15 is 0 Å². The number of nitrogens with zero attached hydrogens (tertiary/aromatic N) is 2. The van der Waals surface area contributed by atoms with Gasteiger partial charge in [0.25, 0.3) is 11.5 Å². The average molecular weight is 586 g/mol. The van der Waals surface area contributed by atoms with Crippen molar-refractivity contribution in [3.63, 3.8) is 0 Å². The predicted molar refractivity (Wildman–Crippen MR) is 176 cm³/mol. The minimum atomic E-state index is -0.787. The maximum Gasteiger partial charge on any atom is 0.263 e. The summed E-state index contributed by atoms with van der Waals surface area (Å²) >= 11 is 0. The van der Waals surface area contributed by atoms with Crippen LogP contribution in [-0.2, 0) is 13.0 Å². The zero-order chi connectivity index (χ0) is 30.5. The number of para-hydroxylation sites is 1. The second-order valence-corrected chi connectivity index (χ2v) is 11.9. The molecule has 0 aliphatic carbocycles. The number of nitrogens with one attached hydrogen (secondary N) is 1. The van der Waals surface area contributed by atoms with Crippen molar-refractivity contribution in [3.8, 4) is 5.69 Å². The van der Waals surface area contributed by atoms with Gasteiger partial charge in [-0.3, -0.25) is 19.1 Å². The number of hydrogen-bond donors (Lipinski definition) is 2. The molecule has 1 aliphatic rings. The molecule has 1 aliphatic heterocycles. The Morgan fingerprint density at radius 3 is 2.02 bits per heavy atom. The first-order chi connectivity index (χ1) is 21.5. The highest BCUT2D eigenvalue weighted by molar-refractivity contribution is 6.08. The summed E-state index contributed by atoms with van der Waals surface area (Å²) in [5.74, 6) is -0.200. The summed E-state index contributed by atoms with van der Waals surface area (Å²) in [6, 6.07) is 36.9. The van der Waals surface area contributed by atoms with Crippen LogP contribution < -0.4 is 10.9 Å². The molecule has 0 spiro atoms. The van der Waals surface area contributed by atoms with Gasteiger partial charge < -0.3 is 10.4 Å². The van der Waals surface area contributed by atoms with Gasteiger partial charge in [0.05, 0.1) is 22.9 Å². The Morgan fingerprint density at radius 1 is 0.818 bits per heavy atom. The topological polar surface area (TPSA) is 74.6 Å². The molecule has 6 rings (SSSR count). The van der Waals surface area contributed by atoms with Crippen molar-refractivity contribution in [1.29, 1.82) is 0 Å². The molecule has 0 unspecified atom stereocenters. The minimum absolute atomic E-state index is 0.147. The number of fused-ring (bicyclic) bond motifs is 1. The number of hydrogen-bond acceptors (Lipinski definition) is 4. The molecule has 5 aromatic rings. The molecule has 1 fully saturated rings. The molecular weight excluding hydrogens is 546 g/mol. The van der Waals surface area contributed by atoms with Crippen molar-refractivity contribution >= 4 is 16.7 Å². The molecule has 0 saturated carbocycles. The van der Waals surface area contributed by atoms with Gasteiger partial charge in [-0.2, -0.15) is 0 Å². The third-order valence-corrected chi connectivity index (χ3v) is 8.88. The summed E-state index contributed by atoms with van der Waals surface area (Å²) in [5, 5.41) is 15.9. The van der Waals surface area contributed by atoms with E-state index in [9.17, 15) is 14.7 Å². The summed E-state index contributed by atoms with van der Waals surface area (Å²) in [7, 11) is 0. The minimum Gasteiger partial charge on any atom is -0.389 e. The van der Waals surface area contributed by atoms with Gasteiger partial charge in [0, 0.05) is 42.5 Å². The third kappa shape index (κ3) is 6.23. The lowest BCUT2D eigenvalue weighted by atomic mass is 9.85. The lowest BCUT2D eigenvalue weighted by molar-refractivity contribution is -0.0228. The van der Waals surface area contributed by atoms with Crippen molar-refractivity contribution in [3.05, 3.63) is 148 Å². The summed E-state index contributed by atoms with van der Waals surface area (Å²) in [4.78, 5) is 30.8. The van der Waals surface area contributed by atoms with E-state index in [0.29, 0.717) is 60.9 Å². The van der Waals surface area contributed by atoms with Crippen LogP contribution in [0.25, 0.3) is 16.5 Å². The van der Waals surface area contributed by atoms with Gasteiger partial charge in [0.15, 0.2) is 0 Å². The second kappa shape index (κ2) is 13.0. The largest absolute Gasteiger partial charge is 0.389 e. The van der Waals surface area contributed by atoms with E-state index in [1.54, 1.807) is 10.6 Å². The summed E-state index contributed by atoms with van der Waals surface area (Å²) in [5.41, 5.74) is 3.13. The molecule has 4 aromatic carbocycles. The Morgan fingerprint density at radius 2 is 1.39 bits per heavy atom. The molecule has 1 saturated heterocycles. The van der Waals surface area contributed by atoms with E-state index < -0.39 is 5.60 Å². The third-order valence-electron chi connectivity index (χ3n) is 8.88. The van der Waals surface area contributed by atoms with Gasteiger partial charge in [0.1, 0.15) is 0 Å². The second-order valence-electron chi connectivity index (χ2n) is 11.9. The molecule has 6 nitrogen and oxygen atoms in total. The first kappa shape index (κ1) is 29.5. The number of piperidine rings is 1. The highest BCUT2D eigenvalue weighted by atomic mass is 16.3. The zero-order valence-electron chi connectivity index (χ0n) is 25.2. The SMILES string of the molecule is CC[C@H](NC(=O)c1c(CN2CCC(O)(Cc3ccccc3)CC2)n(-c2ccccc2)c(=O)c2ccccc12)c1ccccc1. The van der Waals surface area contributed by atoms with E-state index in [4.69, 9.17) is 0 Å². The van der Waals surface area contributed by atoms with E-state index in [1.165, 1.54) is 0 Å². The van der Waals surface area contributed by atoms with Gasteiger partial charge in [0.2, 0.25) is 0 Å². The predicted octanol–water partition coefficient (Wildman–Crippen LogP) is 6.44. The summed E-state index contributed by atoms with van der Waals surface area (Å²) in [6.45, 7) is 3.77. The fraction of sp³-hybridized carbons (Fsp3) is 0.263. The fourth-order valence-electron chi connectivity index (χ4n) is 6.48. The quantitative estimate of drug-likeness (QED) is 0.209. The van der Waals surface area contributed by atoms with Crippen molar-refractivity contribution in [2.75, 3.05) is 13.1 Å². The van der Waals surface area contributed by atoms with Gasteiger partial charge in [-0.25, -0.2) is 0 Å². The van der Waals surface area contributed by atoms with Crippen LogP contribution in [0.15, 0.2) is 120 Å². The maximum atomic E-state index is 14.4. The molecule has 6 heteroatoms. The normalized spacial score (nSPS) is 15.6. The van der Waals surface area contributed by atoms with Gasteiger partial charge in [-0.1, -0.05) is 104 Å². The van der Waals surface area contributed by atoms with Crippen LogP contribution in [0.3, 0.4) is 0 Å². The monoisotopic (exact) mass is 585 g/mol. The average Bonchev–Trinajstić information content (AvgIpc) is 3.06. The van der Waals surface area contributed by atoms with E-state index in [1.807, 2.05) is 97.1 Å². The Balaban J connectivity index is 1.40. The van der Waals surface area contributed by atoms with Gasteiger partial charge in [-0.05, 0) is 48.6 Å². The van der Waals surface area contributed by atoms with E-state index in [-0.39, 0.29) is 17.5 Å². The van der Waals surface area contributed by atoms with E-state index in [0.717, 1.165) is 23.2 Å². The van der Waals surface area contributed by atoms with Crippen molar-refractivity contribution < 1.29 is 9.90 Å². The van der Waals surface area contributed by atoms with Crippen molar-refractivity contribution in [1.82, 2.24) is 14.8 Å². The van der Waals surface area contributed by atoms with Crippen molar-refractivity contribution in [2.24, 2.45) is 0 Å². The van der Waals surface area contributed by atoms with E-state index in [2.05, 4.69) is 29.3 Å². The summed E-state index contributed by atoms with van der Waals surface area (Å²) in [6.07, 6.45) is 2.56. The molecule has 2 N–H and O–H groups in total. The Labute approximate surface area is 258 Å². The number of pyridine rings is 1. The lowest BCUT2D eigenvalue weighted by Crippen LogP contribution is -2.46. The molecule has 2 heterocycles. The lowest BCUT2D eigenvalue weighted by Gasteiger charge is -2.39. The molecule has 44 heavy (non-hydrogen) atoms. The number of rotatable bonds is 9. The highest BCUT2D eigenvalue weighted by Gasteiger charge is 2.34. The Hall–Kier alpha value is -4.52. The van der Waals surface area contributed by atoms with Crippen LogP contribution in [0.5, 0.6) is 0 Å². The number of carbonyl (C=O) groups is 1. The molecule has 1 amide bonds. The molecule has 0 bridgehead atoms. The number of aliphatic hydroxyl groups is 1. The van der Waals surface area contributed by atoms with Crippen LogP contribution in [0.1, 0.15) is 59.4 Å². The van der Waals surface area contributed by atoms with Crippen LogP contribution in [0.4, 0.5) is 0 Å². The zero-order valence-corrected chi connectivity index (χ0v) is 25.2. The standard InChI is InChI=1S/C38H39N3O3/c1-2-33(29-16-8-4-9-17-29)39-36(42)35-31-20-12-13-21-32(31)37(43)41(30-18-10-5-11-19-30)34(35)27-40-24-22-38(44,23-25-40)26-28-14-6-3-7-15-28/h3-21,33,44H,2,22-27H2,1H3,(H,39,42)/t33-/m0/s1. The Kier molecular flexibility index (Phi) is 8.73. The van der Waals surface area contributed by atoms with Gasteiger partial charge >= 0.3 is 0 Å². The van der Waals surface area contributed by atoms with Crippen molar-refractivity contribution in [2.45, 2.75) is 50.8 Å².